The van der Waals surface area contributed by atoms with Gasteiger partial charge in [0.25, 0.3) is 0 Å². The third-order valence-corrected chi connectivity index (χ3v) is 4.01. The van der Waals surface area contributed by atoms with E-state index in [1.165, 1.54) is 5.56 Å². The molecule has 1 saturated carbocycles. The van der Waals surface area contributed by atoms with Crippen LogP contribution >= 0.6 is 0 Å². The van der Waals surface area contributed by atoms with E-state index in [-0.39, 0.29) is 0 Å². The standard InChI is InChI=1S/C17H27NO2/c1-13(2)18-11-15-8-6-7-14(3)16(15)20-12-17(19)9-4-5-10-17/h6-8,13,18-19H,4-5,9-12H2,1-3H3. The molecular formula is C17H27NO2. The van der Waals surface area contributed by atoms with Gasteiger partial charge in [-0.25, -0.2) is 0 Å². The van der Waals surface area contributed by atoms with Gasteiger partial charge >= 0.3 is 0 Å². The fourth-order valence-electron chi connectivity index (χ4n) is 2.76. The Bertz CT molecular complexity index is 437. The SMILES string of the molecule is Cc1cccc(CNC(C)C)c1OCC1(O)CCCC1. The number of benzene rings is 1. The summed E-state index contributed by atoms with van der Waals surface area (Å²) in [6.07, 6.45) is 3.93. The average molecular weight is 277 g/mol. The number of hydrogen-bond donors (Lipinski definition) is 2. The Morgan fingerprint density at radius 3 is 2.65 bits per heavy atom. The highest BCUT2D eigenvalue weighted by atomic mass is 16.5. The van der Waals surface area contributed by atoms with Crippen molar-refractivity contribution in [2.24, 2.45) is 0 Å². The molecule has 0 spiro atoms. The van der Waals surface area contributed by atoms with E-state index in [1.54, 1.807) is 0 Å². The molecule has 1 aromatic carbocycles. The number of nitrogens with one attached hydrogen (secondary N) is 1. The van der Waals surface area contributed by atoms with Crippen molar-refractivity contribution in [2.75, 3.05) is 6.61 Å². The van der Waals surface area contributed by atoms with E-state index in [2.05, 4.69) is 44.3 Å². The van der Waals surface area contributed by atoms with Crippen LogP contribution in [0.1, 0.15) is 50.7 Å². The zero-order chi connectivity index (χ0) is 14.6. The van der Waals surface area contributed by atoms with Gasteiger partial charge in [-0.15, -0.1) is 0 Å². The van der Waals surface area contributed by atoms with Crippen LogP contribution in [0.4, 0.5) is 0 Å². The van der Waals surface area contributed by atoms with Crippen molar-refractivity contribution in [3.63, 3.8) is 0 Å². The highest BCUT2D eigenvalue weighted by Gasteiger charge is 2.32. The third kappa shape index (κ3) is 3.97. The molecule has 1 aliphatic carbocycles. The molecule has 0 saturated heterocycles. The lowest BCUT2D eigenvalue weighted by molar-refractivity contribution is 0.000914. The van der Waals surface area contributed by atoms with Crippen molar-refractivity contribution in [2.45, 2.75) is 64.6 Å². The Morgan fingerprint density at radius 2 is 2.00 bits per heavy atom. The van der Waals surface area contributed by atoms with Crippen LogP contribution in [0.15, 0.2) is 18.2 Å². The lowest BCUT2D eigenvalue weighted by Crippen LogP contribution is -2.32. The van der Waals surface area contributed by atoms with Crippen LogP contribution < -0.4 is 10.1 Å². The molecule has 0 atom stereocenters. The zero-order valence-electron chi connectivity index (χ0n) is 12.9. The molecule has 0 amide bonds. The molecule has 0 radical (unpaired) electrons. The number of rotatable bonds is 6. The summed E-state index contributed by atoms with van der Waals surface area (Å²) in [7, 11) is 0. The first-order valence-corrected chi connectivity index (χ1v) is 7.67. The highest BCUT2D eigenvalue weighted by molar-refractivity contribution is 5.40. The van der Waals surface area contributed by atoms with E-state index in [1.807, 2.05) is 0 Å². The average Bonchev–Trinajstić information content (AvgIpc) is 2.82. The van der Waals surface area contributed by atoms with Gasteiger partial charge in [0, 0.05) is 18.2 Å². The van der Waals surface area contributed by atoms with Crippen LogP contribution in [0.2, 0.25) is 0 Å². The van der Waals surface area contributed by atoms with Gasteiger partial charge in [0.1, 0.15) is 12.4 Å². The van der Waals surface area contributed by atoms with Crippen LogP contribution in [-0.2, 0) is 6.54 Å². The summed E-state index contributed by atoms with van der Waals surface area (Å²) in [5.41, 5.74) is 1.68. The molecule has 0 heterocycles. The predicted octanol–water partition coefficient (Wildman–Crippen LogP) is 3.18. The van der Waals surface area contributed by atoms with Crippen molar-refractivity contribution < 1.29 is 9.84 Å². The Hall–Kier alpha value is -1.06. The van der Waals surface area contributed by atoms with Crippen molar-refractivity contribution in [3.05, 3.63) is 29.3 Å². The van der Waals surface area contributed by atoms with Crippen LogP contribution in [-0.4, -0.2) is 23.4 Å². The van der Waals surface area contributed by atoms with Crippen molar-refractivity contribution in [1.29, 1.82) is 0 Å². The topological polar surface area (TPSA) is 41.5 Å². The summed E-state index contributed by atoms with van der Waals surface area (Å²) in [5, 5.41) is 13.8. The monoisotopic (exact) mass is 277 g/mol. The van der Waals surface area contributed by atoms with Gasteiger partial charge < -0.3 is 15.2 Å². The summed E-state index contributed by atoms with van der Waals surface area (Å²) >= 11 is 0. The van der Waals surface area contributed by atoms with E-state index in [0.29, 0.717) is 12.6 Å². The Morgan fingerprint density at radius 1 is 1.30 bits per heavy atom. The molecule has 3 heteroatoms. The van der Waals surface area contributed by atoms with Crippen LogP contribution in [0.3, 0.4) is 0 Å². The van der Waals surface area contributed by atoms with E-state index < -0.39 is 5.60 Å². The van der Waals surface area contributed by atoms with Gasteiger partial charge in [0.05, 0.1) is 5.60 Å². The zero-order valence-corrected chi connectivity index (χ0v) is 12.9. The van der Waals surface area contributed by atoms with Gasteiger partial charge in [-0.2, -0.15) is 0 Å². The fraction of sp³-hybridized carbons (Fsp3) is 0.647. The Labute approximate surface area is 122 Å². The molecule has 2 N–H and O–H groups in total. The maximum absolute atomic E-state index is 10.4. The fourth-order valence-corrected chi connectivity index (χ4v) is 2.76. The van der Waals surface area contributed by atoms with E-state index >= 15 is 0 Å². The molecule has 1 aromatic rings. The minimum Gasteiger partial charge on any atom is -0.490 e. The first kappa shape index (κ1) is 15.3. The molecule has 1 fully saturated rings. The van der Waals surface area contributed by atoms with E-state index in [9.17, 15) is 5.11 Å². The quantitative estimate of drug-likeness (QED) is 0.839. The second kappa shape index (κ2) is 6.59. The molecular weight excluding hydrogens is 250 g/mol. The molecule has 0 bridgehead atoms. The van der Waals surface area contributed by atoms with Crippen LogP contribution in [0.5, 0.6) is 5.75 Å². The van der Waals surface area contributed by atoms with Gasteiger partial charge in [-0.3, -0.25) is 0 Å². The predicted molar refractivity (Wildman–Crippen MR) is 82.1 cm³/mol. The van der Waals surface area contributed by atoms with Gasteiger partial charge in [-0.05, 0) is 25.3 Å². The Balaban J connectivity index is 2.05. The van der Waals surface area contributed by atoms with E-state index in [0.717, 1.165) is 43.5 Å². The maximum atomic E-state index is 10.4. The summed E-state index contributed by atoms with van der Waals surface area (Å²) in [6, 6.07) is 6.66. The second-order valence-electron chi connectivity index (χ2n) is 6.32. The molecule has 2 rings (SSSR count). The molecule has 1 aliphatic rings. The van der Waals surface area contributed by atoms with Gasteiger partial charge in [0.2, 0.25) is 0 Å². The number of aliphatic hydroxyl groups is 1. The van der Waals surface area contributed by atoms with Gasteiger partial charge in [-0.1, -0.05) is 44.9 Å². The lowest BCUT2D eigenvalue weighted by Gasteiger charge is -2.24. The van der Waals surface area contributed by atoms with Crippen molar-refractivity contribution in [1.82, 2.24) is 5.32 Å². The number of para-hydroxylation sites is 1. The number of hydrogen-bond acceptors (Lipinski definition) is 3. The van der Waals surface area contributed by atoms with Crippen LogP contribution in [0, 0.1) is 6.92 Å². The molecule has 0 unspecified atom stereocenters. The molecule has 20 heavy (non-hydrogen) atoms. The molecule has 3 nitrogen and oxygen atoms in total. The van der Waals surface area contributed by atoms with Crippen molar-refractivity contribution in [3.8, 4) is 5.75 Å². The van der Waals surface area contributed by atoms with E-state index in [4.69, 9.17) is 4.74 Å². The maximum Gasteiger partial charge on any atom is 0.126 e. The minimum absolute atomic E-state index is 0.409. The lowest BCUT2D eigenvalue weighted by atomic mass is 10.0. The van der Waals surface area contributed by atoms with Crippen molar-refractivity contribution >= 4 is 0 Å². The highest BCUT2D eigenvalue weighted by Crippen LogP contribution is 2.31. The summed E-state index contributed by atoms with van der Waals surface area (Å²) in [6.45, 7) is 7.54. The van der Waals surface area contributed by atoms with Gasteiger partial charge in [0.15, 0.2) is 0 Å². The molecule has 0 aromatic heterocycles. The first-order chi connectivity index (χ1) is 9.50. The molecule has 112 valence electrons. The number of aryl methyl sites for hydroxylation is 1. The largest absolute Gasteiger partial charge is 0.490 e. The minimum atomic E-state index is -0.620. The Kier molecular flexibility index (Phi) is 5.06. The number of ether oxygens (including phenoxy) is 1. The summed E-state index contributed by atoms with van der Waals surface area (Å²) < 4.78 is 6.00. The first-order valence-electron chi connectivity index (χ1n) is 7.67. The smallest absolute Gasteiger partial charge is 0.126 e. The normalized spacial score (nSPS) is 17.6. The summed E-state index contributed by atoms with van der Waals surface area (Å²) in [5.74, 6) is 0.931. The summed E-state index contributed by atoms with van der Waals surface area (Å²) in [4.78, 5) is 0. The van der Waals surface area contributed by atoms with Crippen LogP contribution in [0.25, 0.3) is 0 Å². The second-order valence-corrected chi connectivity index (χ2v) is 6.32. The third-order valence-electron chi connectivity index (χ3n) is 4.01. The molecule has 0 aliphatic heterocycles.